The zero-order valence-corrected chi connectivity index (χ0v) is 18.0. The molecule has 156 valence electrons. The van der Waals surface area contributed by atoms with Crippen LogP contribution in [0, 0.1) is 6.92 Å². The van der Waals surface area contributed by atoms with Crippen LogP contribution in [0.25, 0.3) is 22.2 Å². The minimum absolute atomic E-state index is 0.344. The van der Waals surface area contributed by atoms with Crippen LogP contribution in [0.4, 0.5) is 5.69 Å². The van der Waals surface area contributed by atoms with E-state index in [9.17, 15) is 4.79 Å². The molecule has 4 rings (SSSR count). The van der Waals surface area contributed by atoms with E-state index < -0.39 is 0 Å². The minimum Gasteiger partial charge on any atom is -0.495 e. The van der Waals surface area contributed by atoms with Crippen molar-refractivity contribution in [1.29, 1.82) is 0 Å². The van der Waals surface area contributed by atoms with E-state index in [1.165, 1.54) is 14.2 Å². The van der Waals surface area contributed by atoms with Gasteiger partial charge in [0.05, 0.1) is 36.0 Å². The van der Waals surface area contributed by atoms with E-state index in [-0.39, 0.29) is 5.91 Å². The fourth-order valence-electron chi connectivity index (χ4n) is 3.39. The van der Waals surface area contributed by atoms with Crippen molar-refractivity contribution in [1.82, 2.24) is 10.2 Å². The van der Waals surface area contributed by atoms with Crippen molar-refractivity contribution in [2.24, 2.45) is 0 Å². The SMILES string of the molecule is COc1cc(OC)c(NC(=O)c2c(-c3ccccc3)nnc3ccc(C)cc23)cc1Cl. The third-order valence-electron chi connectivity index (χ3n) is 4.91. The summed E-state index contributed by atoms with van der Waals surface area (Å²) in [6, 6.07) is 18.4. The van der Waals surface area contributed by atoms with Crippen molar-refractivity contribution in [3.05, 3.63) is 76.8 Å². The Hall–Kier alpha value is -3.64. The number of nitrogens with one attached hydrogen (secondary N) is 1. The molecule has 31 heavy (non-hydrogen) atoms. The second kappa shape index (κ2) is 8.62. The second-order valence-electron chi connectivity index (χ2n) is 6.95. The van der Waals surface area contributed by atoms with Crippen molar-refractivity contribution >= 4 is 34.1 Å². The number of carbonyl (C=O) groups is 1. The number of rotatable bonds is 5. The highest BCUT2D eigenvalue weighted by molar-refractivity contribution is 6.32. The van der Waals surface area contributed by atoms with Crippen LogP contribution in [0.1, 0.15) is 15.9 Å². The normalized spacial score (nSPS) is 10.7. The summed E-state index contributed by atoms with van der Waals surface area (Å²) < 4.78 is 10.7. The Balaban J connectivity index is 1.88. The average molecular weight is 434 g/mol. The topological polar surface area (TPSA) is 73.3 Å². The molecule has 0 saturated carbocycles. The van der Waals surface area contributed by atoms with Crippen LogP contribution < -0.4 is 14.8 Å². The quantitative estimate of drug-likeness (QED) is 0.448. The minimum atomic E-state index is -0.344. The van der Waals surface area contributed by atoms with Gasteiger partial charge in [0.1, 0.15) is 17.2 Å². The van der Waals surface area contributed by atoms with Gasteiger partial charge in [-0.3, -0.25) is 4.79 Å². The largest absolute Gasteiger partial charge is 0.495 e. The second-order valence-corrected chi connectivity index (χ2v) is 7.36. The third-order valence-corrected chi connectivity index (χ3v) is 5.21. The molecule has 1 amide bonds. The van der Waals surface area contributed by atoms with Gasteiger partial charge in [-0.05, 0) is 25.1 Å². The van der Waals surface area contributed by atoms with Crippen LogP contribution in [0.3, 0.4) is 0 Å². The fourth-order valence-corrected chi connectivity index (χ4v) is 3.63. The van der Waals surface area contributed by atoms with Crippen LogP contribution in [-0.4, -0.2) is 30.3 Å². The van der Waals surface area contributed by atoms with Crippen LogP contribution >= 0.6 is 11.6 Å². The summed E-state index contributed by atoms with van der Waals surface area (Å²) in [7, 11) is 3.03. The first-order valence-corrected chi connectivity index (χ1v) is 9.95. The lowest BCUT2D eigenvalue weighted by atomic mass is 10.00. The van der Waals surface area contributed by atoms with Crippen LogP contribution in [-0.2, 0) is 0 Å². The number of anilines is 1. The van der Waals surface area contributed by atoms with Gasteiger partial charge in [-0.25, -0.2) is 0 Å². The number of aryl methyl sites for hydroxylation is 1. The molecule has 0 bridgehead atoms. The van der Waals surface area contributed by atoms with Gasteiger partial charge in [-0.2, -0.15) is 0 Å². The van der Waals surface area contributed by atoms with Crippen LogP contribution in [0.15, 0.2) is 60.7 Å². The molecule has 0 saturated heterocycles. The number of hydrogen-bond acceptors (Lipinski definition) is 5. The predicted molar refractivity (Wildman–Crippen MR) is 122 cm³/mol. The molecule has 3 aromatic carbocycles. The molecule has 1 aromatic heterocycles. The maximum Gasteiger partial charge on any atom is 0.258 e. The smallest absolute Gasteiger partial charge is 0.258 e. The summed E-state index contributed by atoms with van der Waals surface area (Å²) in [5.41, 5.74) is 3.79. The summed E-state index contributed by atoms with van der Waals surface area (Å²) >= 11 is 6.28. The standard InChI is InChI=1S/C24H20ClN3O3/c1-14-9-10-18-16(11-14)22(23(28-27-18)15-7-5-4-6-8-15)24(29)26-19-12-17(25)20(30-2)13-21(19)31-3/h4-13H,1-3H3,(H,26,29). The highest BCUT2D eigenvalue weighted by Crippen LogP contribution is 2.37. The summed E-state index contributed by atoms with van der Waals surface area (Å²) in [4.78, 5) is 13.6. The van der Waals surface area contributed by atoms with Gasteiger partial charge < -0.3 is 14.8 Å². The lowest BCUT2D eigenvalue weighted by Crippen LogP contribution is -2.16. The Morgan fingerprint density at radius 3 is 2.39 bits per heavy atom. The number of hydrogen-bond donors (Lipinski definition) is 1. The van der Waals surface area contributed by atoms with Crippen molar-refractivity contribution in [3.63, 3.8) is 0 Å². The Morgan fingerprint density at radius 2 is 1.68 bits per heavy atom. The number of benzene rings is 3. The number of ether oxygens (including phenoxy) is 2. The summed E-state index contributed by atoms with van der Waals surface area (Å²) in [5.74, 6) is 0.537. The average Bonchev–Trinajstić information content (AvgIpc) is 2.79. The summed E-state index contributed by atoms with van der Waals surface area (Å²) in [6.07, 6.45) is 0. The highest BCUT2D eigenvalue weighted by Gasteiger charge is 2.21. The molecule has 0 unspecified atom stereocenters. The van der Waals surface area contributed by atoms with E-state index in [2.05, 4.69) is 15.5 Å². The Morgan fingerprint density at radius 1 is 0.935 bits per heavy atom. The zero-order chi connectivity index (χ0) is 22.0. The fraction of sp³-hybridized carbons (Fsp3) is 0.125. The molecule has 0 aliphatic carbocycles. The molecule has 0 aliphatic heterocycles. The molecule has 0 atom stereocenters. The van der Waals surface area contributed by atoms with E-state index in [0.717, 1.165) is 11.1 Å². The number of amides is 1. The van der Waals surface area contributed by atoms with Crippen molar-refractivity contribution in [2.45, 2.75) is 6.92 Å². The summed E-state index contributed by atoms with van der Waals surface area (Å²) in [6.45, 7) is 1.97. The molecule has 7 heteroatoms. The highest BCUT2D eigenvalue weighted by atomic mass is 35.5. The van der Waals surface area contributed by atoms with E-state index >= 15 is 0 Å². The van der Waals surface area contributed by atoms with Crippen molar-refractivity contribution in [3.8, 4) is 22.8 Å². The number of carbonyl (C=O) groups excluding carboxylic acids is 1. The van der Waals surface area contributed by atoms with Gasteiger partial charge in [-0.15, -0.1) is 10.2 Å². The van der Waals surface area contributed by atoms with Crippen molar-refractivity contribution in [2.75, 3.05) is 19.5 Å². The van der Waals surface area contributed by atoms with E-state index in [0.29, 0.717) is 44.4 Å². The number of nitrogens with zero attached hydrogens (tertiary/aromatic N) is 2. The Labute approximate surface area is 184 Å². The van der Waals surface area contributed by atoms with E-state index in [4.69, 9.17) is 21.1 Å². The van der Waals surface area contributed by atoms with Crippen LogP contribution in [0.5, 0.6) is 11.5 Å². The third kappa shape index (κ3) is 4.02. The van der Waals surface area contributed by atoms with E-state index in [1.807, 2.05) is 55.5 Å². The molecule has 6 nitrogen and oxygen atoms in total. The molecular weight excluding hydrogens is 414 g/mol. The molecular formula is C24H20ClN3O3. The number of aromatic nitrogens is 2. The molecule has 1 heterocycles. The number of halogens is 1. The number of methoxy groups -OCH3 is 2. The molecule has 0 radical (unpaired) electrons. The molecule has 0 aliphatic rings. The van der Waals surface area contributed by atoms with Crippen LogP contribution in [0.2, 0.25) is 5.02 Å². The number of fused-ring (bicyclic) bond motifs is 1. The maximum atomic E-state index is 13.6. The lowest BCUT2D eigenvalue weighted by Gasteiger charge is -2.15. The maximum absolute atomic E-state index is 13.6. The molecule has 1 N–H and O–H groups in total. The first-order valence-electron chi connectivity index (χ1n) is 9.57. The van der Waals surface area contributed by atoms with Gasteiger partial charge in [0.25, 0.3) is 5.91 Å². The Kier molecular flexibility index (Phi) is 5.73. The first-order chi connectivity index (χ1) is 15.0. The Bertz CT molecular complexity index is 1280. The molecule has 0 fully saturated rings. The molecule has 4 aromatic rings. The molecule has 0 spiro atoms. The van der Waals surface area contributed by atoms with Gasteiger partial charge in [0, 0.05) is 17.0 Å². The lowest BCUT2D eigenvalue weighted by molar-refractivity contribution is 0.102. The van der Waals surface area contributed by atoms with Crippen molar-refractivity contribution < 1.29 is 14.3 Å². The van der Waals surface area contributed by atoms with Gasteiger partial charge >= 0.3 is 0 Å². The van der Waals surface area contributed by atoms with Gasteiger partial charge in [0.15, 0.2) is 0 Å². The van der Waals surface area contributed by atoms with Gasteiger partial charge in [-0.1, -0.05) is 53.6 Å². The monoisotopic (exact) mass is 433 g/mol. The van der Waals surface area contributed by atoms with E-state index in [1.54, 1.807) is 12.1 Å². The van der Waals surface area contributed by atoms with Gasteiger partial charge in [0.2, 0.25) is 0 Å². The predicted octanol–water partition coefficient (Wildman–Crippen LogP) is 5.53. The zero-order valence-electron chi connectivity index (χ0n) is 17.3. The first kappa shape index (κ1) is 20.6. The summed E-state index contributed by atoms with van der Waals surface area (Å²) in [5, 5.41) is 12.7.